The molecule has 0 saturated carbocycles. The predicted molar refractivity (Wildman–Crippen MR) is 102 cm³/mol. The number of rotatable bonds is 3. The number of anilines is 1. The lowest BCUT2D eigenvalue weighted by atomic mass is 10.1. The summed E-state index contributed by atoms with van der Waals surface area (Å²) in [5, 5.41) is 8.41. The summed E-state index contributed by atoms with van der Waals surface area (Å²) in [6.07, 6.45) is 1.73. The fourth-order valence-electron chi connectivity index (χ4n) is 3.30. The highest BCUT2D eigenvalue weighted by Crippen LogP contribution is 2.28. The number of aromatic nitrogens is 2. The molecule has 0 bridgehead atoms. The number of benzene rings is 2. The first-order chi connectivity index (χ1) is 12.8. The van der Waals surface area contributed by atoms with E-state index in [-0.39, 0.29) is 5.91 Å². The number of nitrogens with zero attached hydrogens (tertiary/aromatic N) is 4. The molecule has 0 aliphatic carbocycles. The van der Waals surface area contributed by atoms with E-state index in [9.17, 15) is 4.79 Å². The number of piperazine rings is 1. The lowest BCUT2D eigenvalue weighted by Gasteiger charge is -2.36. The van der Waals surface area contributed by atoms with Gasteiger partial charge in [-0.2, -0.15) is 5.10 Å². The Morgan fingerprint density at radius 1 is 0.808 bits per heavy atom. The Morgan fingerprint density at radius 3 is 2.15 bits per heavy atom. The summed E-state index contributed by atoms with van der Waals surface area (Å²) in [5.41, 5.74) is 3.75. The van der Waals surface area contributed by atoms with Crippen LogP contribution < -0.4 is 4.90 Å². The smallest absolute Gasteiger partial charge is 0.253 e. The molecule has 0 N–H and O–H groups in total. The lowest BCUT2D eigenvalue weighted by Crippen LogP contribution is -2.49. The molecule has 2 heterocycles. The van der Waals surface area contributed by atoms with Crippen LogP contribution in [0.3, 0.4) is 0 Å². The first kappa shape index (κ1) is 16.3. The summed E-state index contributed by atoms with van der Waals surface area (Å²) < 4.78 is 0. The SMILES string of the molecule is O=C(c1ccccc1)N1CCN(c2ccnnc2-c2ccccc2)CC1. The monoisotopic (exact) mass is 344 g/mol. The van der Waals surface area contributed by atoms with Crippen molar-refractivity contribution in [2.24, 2.45) is 0 Å². The van der Waals surface area contributed by atoms with Crippen LogP contribution in [0.25, 0.3) is 11.3 Å². The van der Waals surface area contributed by atoms with E-state index in [0.717, 1.165) is 35.6 Å². The highest BCUT2D eigenvalue weighted by molar-refractivity contribution is 5.94. The maximum Gasteiger partial charge on any atom is 0.253 e. The van der Waals surface area contributed by atoms with Crippen molar-refractivity contribution in [2.45, 2.75) is 0 Å². The largest absolute Gasteiger partial charge is 0.366 e. The molecule has 4 rings (SSSR count). The van der Waals surface area contributed by atoms with Crippen LogP contribution in [0.1, 0.15) is 10.4 Å². The van der Waals surface area contributed by atoms with E-state index in [1.54, 1.807) is 6.20 Å². The quantitative estimate of drug-likeness (QED) is 0.732. The van der Waals surface area contributed by atoms with Crippen molar-refractivity contribution in [3.63, 3.8) is 0 Å². The van der Waals surface area contributed by atoms with Crippen molar-refractivity contribution >= 4 is 11.6 Å². The zero-order chi connectivity index (χ0) is 17.8. The van der Waals surface area contributed by atoms with Crippen molar-refractivity contribution in [1.82, 2.24) is 15.1 Å². The Balaban J connectivity index is 1.50. The van der Waals surface area contributed by atoms with Gasteiger partial charge in [0.1, 0.15) is 5.69 Å². The van der Waals surface area contributed by atoms with Crippen LogP contribution >= 0.6 is 0 Å². The van der Waals surface area contributed by atoms with Crippen LogP contribution in [-0.4, -0.2) is 47.2 Å². The summed E-state index contributed by atoms with van der Waals surface area (Å²) >= 11 is 0. The molecular formula is C21H20N4O. The van der Waals surface area contributed by atoms with E-state index >= 15 is 0 Å². The van der Waals surface area contributed by atoms with Crippen molar-refractivity contribution in [1.29, 1.82) is 0 Å². The molecule has 26 heavy (non-hydrogen) atoms. The number of hydrogen-bond acceptors (Lipinski definition) is 4. The zero-order valence-corrected chi connectivity index (χ0v) is 14.5. The molecule has 5 heteroatoms. The Morgan fingerprint density at radius 2 is 1.46 bits per heavy atom. The van der Waals surface area contributed by atoms with Gasteiger partial charge in [-0.25, -0.2) is 0 Å². The molecule has 130 valence electrons. The van der Waals surface area contributed by atoms with E-state index in [2.05, 4.69) is 15.1 Å². The number of carbonyl (C=O) groups excluding carboxylic acids is 1. The molecular weight excluding hydrogens is 324 g/mol. The van der Waals surface area contributed by atoms with Gasteiger partial charge in [-0.3, -0.25) is 4.79 Å². The molecule has 2 aromatic carbocycles. The molecule has 1 fully saturated rings. The van der Waals surface area contributed by atoms with Crippen molar-refractivity contribution < 1.29 is 4.79 Å². The van der Waals surface area contributed by atoms with Gasteiger partial charge in [0.2, 0.25) is 0 Å². The lowest BCUT2D eigenvalue weighted by molar-refractivity contribution is 0.0747. The van der Waals surface area contributed by atoms with Gasteiger partial charge < -0.3 is 9.80 Å². The normalized spacial score (nSPS) is 14.3. The highest BCUT2D eigenvalue weighted by Gasteiger charge is 2.24. The Kier molecular flexibility index (Phi) is 4.60. The number of amides is 1. The predicted octanol–water partition coefficient (Wildman–Crippen LogP) is 3.11. The van der Waals surface area contributed by atoms with E-state index in [4.69, 9.17) is 0 Å². The minimum Gasteiger partial charge on any atom is -0.366 e. The second kappa shape index (κ2) is 7.35. The minimum atomic E-state index is 0.0985. The van der Waals surface area contributed by atoms with Gasteiger partial charge in [0.05, 0.1) is 11.9 Å². The van der Waals surface area contributed by atoms with Gasteiger partial charge in [-0.05, 0) is 18.2 Å². The summed E-state index contributed by atoms with van der Waals surface area (Å²) in [7, 11) is 0. The Bertz CT molecular complexity index is 875. The van der Waals surface area contributed by atoms with Crippen molar-refractivity contribution in [3.05, 3.63) is 78.5 Å². The van der Waals surface area contributed by atoms with Crippen molar-refractivity contribution in [2.75, 3.05) is 31.1 Å². The molecule has 0 spiro atoms. The first-order valence-corrected chi connectivity index (χ1v) is 8.79. The zero-order valence-electron chi connectivity index (χ0n) is 14.5. The highest BCUT2D eigenvalue weighted by atomic mass is 16.2. The molecule has 0 atom stereocenters. The average molecular weight is 344 g/mol. The Labute approximate surface area is 152 Å². The molecule has 3 aromatic rings. The minimum absolute atomic E-state index is 0.0985. The summed E-state index contributed by atoms with van der Waals surface area (Å²) in [5.74, 6) is 0.0985. The summed E-state index contributed by atoms with van der Waals surface area (Å²) in [6, 6.07) is 21.6. The summed E-state index contributed by atoms with van der Waals surface area (Å²) in [4.78, 5) is 16.8. The second-order valence-corrected chi connectivity index (χ2v) is 6.28. The van der Waals surface area contributed by atoms with E-state index in [0.29, 0.717) is 13.1 Å². The van der Waals surface area contributed by atoms with Gasteiger partial charge in [-0.1, -0.05) is 48.5 Å². The third-order valence-electron chi connectivity index (χ3n) is 4.67. The number of carbonyl (C=O) groups is 1. The van der Waals surface area contributed by atoms with E-state index in [1.165, 1.54) is 0 Å². The Hall–Kier alpha value is -3.21. The van der Waals surface area contributed by atoms with Crippen LogP contribution in [0, 0.1) is 0 Å². The molecule has 1 aliphatic heterocycles. The van der Waals surface area contributed by atoms with Crippen molar-refractivity contribution in [3.8, 4) is 11.3 Å². The molecule has 1 aromatic heterocycles. The van der Waals surface area contributed by atoms with Gasteiger partial charge in [-0.15, -0.1) is 5.10 Å². The molecule has 0 unspecified atom stereocenters. The molecule has 1 aliphatic rings. The van der Waals surface area contributed by atoms with Crippen LogP contribution in [0.2, 0.25) is 0 Å². The maximum atomic E-state index is 12.6. The molecule has 0 radical (unpaired) electrons. The standard InChI is InChI=1S/C21H20N4O/c26-21(18-9-5-2-6-10-18)25-15-13-24(14-16-25)19-11-12-22-23-20(19)17-7-3-1-4-8-17/h1-12H,13-16H2. The topological polar surface area (TPSA) is 49.3 Å². The van der Waals surface area contributed by atoms with Crippen LogP contribution in [0.15, 0.2) is 72.9 Å². The second-order valence-electron chi connectivity index (χ2n) is 6.28. The number of hydrogen-bond donors (Lipinski definition) is 0. The molecule has 1 amide bonds. The van der Waals surface area contributed by atoms with Crippen LogP contribution in [0.4, 0.5) is 5.69 Å². The third-order valence-corrected chi connectivity index (χ3v) is 4.67. The third kappa shape index (κ3) is 3.28. The average Bonchev–Trinajstić information content (AvgIpc) is 2.75. The van der Waals surface area contributed by atoms with Crippen LogP contribution in [0.5, 0.6) is 0 Å². The van der Waals surface area contributed by atoms with Gasteiger partial charge in [0, 0.05) is 37.3 Å². The maximum absolute atomic E-state index is 12.6. The molecule has 5 nitrogen and oxygen atoms in total. The van der Waals surface area contributed by atoms with E-state index in [1.807, 2.05) is 71.6 Å². The fraction of sp³-hybridized carbons (Fsp3) is 0.190. The van der Waals surface area contributed by atoms with Gasteiger partial charge >= 0.3 is 0 Å². The van der Waals surface area contributed by atoms with Gasteiger partial charge in [0.25, 0.3) is 5.91 Å². The van der Waals surface area contributed by atoms with Gasteiger partial charge in [0.15, 0.2) is 0 Å². The summed E-state index contributed by atoms with van der Waals surface area (Å²) in [6.45, 7) is 2.96. The first-order valence-electron chi connectivity index (χ1n) is 8.79. The van der Waals surface area contributed by atoms with E-state index < -0.39 is 0 Å². The molecule has 1 saturated heterocycles. The van der Waals surface area contributed by atoms with Crippen LogP contribution in [-0.2, 0) is 0 Å². The fourth-order valence-corrected chi connectivity index (χ4v) is 3.30.